The normalized spacial score (nSPS) is 12.0. The van der Waals surface area contributed by atoms with Crippen LogP contribution in [0.5, 0.6) is 5.75 Å². The Morgan fingerprint density at radius 1 is 0.900 bits per heavy atom. The molecule has 162 valence electrons. The molecule has 0 bridgehead atoms. The van der Waals surface area contributed by atoms with Crippen molar-refractivity contribution in [1.29, 1.82) is 0 Å². The van der Waals surface area contributed by atoms with Crippen molar-refractivity contribution in [2.45, 2.75) is 58.9 Å². The Balaban J connectivity index is 2.46. The van der Waals surface area contributed by atoms with Crippen molar-refractivity contribution < 1.29 is 19.2 Å². The van der Waals surface area contributed by atoms with Crippen LogP contribution in [0.15, 0.2) is 42.5 Å². The molecule has 5 heteroatoms. The number of nitrogens with one attached hydrogen (secondary N) is 2. The zero-order chi connectivity index (χ0) is 22.7. The number of benzene rings is 2. The molecular weight excluding hydrogens is 376 g/mol. The first kappa shape index (κ1) is 23.6. The Labute approximate surface area is 180 Å². The van der Waals surface area contributed by atoms with Crippen molar-refractivity contribution >= 4 is 12.0 Å². The minimum absolute atomic E-state index is 0.239. The molecule has 0 aromatic heterocycles. The summed E-state index contributed by atoms with van der Waals surface area (Å²) in [7, 11) is 4.22. The lowest BCUT2D eigenvalue weighted by molar-refractivity contribution is -0.872. The Morgan fingerprint density at radius 2 is 1.40 bits per heavy atom. The number of rotatable bonds is 4. The molecule has 0 aliphatic rings. The Morgan fingerprint density at radius 3 is 1.83 bits per heavy atom. The zero-order valence-corrected chi connectivity index (χ0v) is 19.5. The fourth-order valence-electron chi connectivity index (χ4n) is 3.30. The highest BCUT2D eigenvalue weighted by Crippen LogP contribution is 2.40. The Hall–Kier alpha value is -2.66. The molecule has 0 fully saturated rings. The van der Waals surface area contributed by atoms with Gasteiger partial charge in [0, 0.05) is 22.3 Å². The third kappa shape index (κ3) is 6.17. The van der Waals surface area contributed by atoms with Gasteiger partial charge in [-0.3, -0.25) is 10.1 Å². The van der Waals surface area contributed by atoms with Gasteiger partial charge in [-0.15, -0.1) is 0 Å². The fourth-order valence-corrected chi connectivity index (χ4v) is 3.30. The summed E-state index contributed by atoms with van der Waals surface area (Å²) in [6, 6.07) is 12.9. The van der Waals surface area contributed by atoms with Crippen molar-refractivity contribution in [2.75, 3.05) is 14.1 Å². The van der Waals surface area contributed by atoms with Gasteiger partial charge in [0.1, 0.15) is 12.3 Å². The molecule has 2 aromatic carbocycles. The molecule has 0 atom stereocenters. The molecule has 2 rings (SSSR count). The van der Waals surface area contributed by atoms with Crippen LogP contribution in [0, 0.1) is 0 Å². The molecule has 30 heavy (non-hydrogen) atoms. The predicted molar refractivity (Wildman–Crippen MR) is 120 cm³/mol. The van der Waals surface area contributed by atoms with Crippen LogP contribution in [0.2, 0.25) is 0 Å². The van der Waals surface area contributed by atoms with Crippen molar-refractivity contribution in [2.24, 2.45) is 0 Å². The first-order chi connectivity index (χ1) is 13.8. The predicted octanol–water partition coefficient (Wildman–Crippen LogP) is 3.85. The Bertz CT molecular complexity index is 869. The summed E-state index contributed by atoms with van der Waals surface area (Å²) < 4.78 is 5.80. The molecule has 0 spiro atoms. The van der Waals surface area contributed by atoms with Gasteiger partial charge in [-0.1, -0.05) is 59.7 Å². The number of imide groups is 1. The SMILES string of the molecule is C[NH+](C)Cc1cc(C(C)(C)C)c(OC(=O)NC(=O)c2ccccc2)c(C(C)(C)C)c1. The second-order valence-corrected chi connectivity index (χ2v) is 10.1. The van der Waals surface area contributed by atoms with E-state index in [-0.39, 0.29) is 10.8 Å². The van der Waals surface area contributed by atoms with Crippen LogP contribution in [-0.4, -0.2) is 26.1 Å². The lowest BCUT2D eigenvalue weighted by Gasteiger charge is -2.30. The summed E-state index contributed by atoms with van der Waals surface area (Å²) >= 11 is 0. The van der Waals surface area contributed by atoms with Crippen molar-refractivity contribution in [3.8, 4) is 5.75 Å². The van der Waals surface area contributed by atoms with E-state index in [1.807, 2.05) is 6.07 Å². The van der Waals surface area contributed by atoms with E-state index in [2.05, 4.69) is 73.1 Å². The number of carbonyl (C=O) groups is 2. The molecule has 0 radical (unpaired) electrons. The molecule has 0 aliphatic carbocycles. The molecule has 0 heterocycles. The van der Waals surface area contributed by atoms with Gasteiger partial charge < -0.3 is 9.64 Å². The smallest absolute Gasteiger partial charge is 0.409 e. The summed E-state index contributed by atoms with van der Waals surface area (Å²) in [5, 5.41) is 2.34. The van der Waals surface area contributed by atoms with Crippen molar-refractivity contribution in [1.82, 2.24) is 5.32 Å². The Kier molecular flexibility index (Phi) is 7.09. The summed E-state index contributed by atoms with van der Waals surface area (Å²) in [6.45, 7) is 13.5. The van der Waals surface area contributed by atoms with Crippen LogP contribution < -0.4 is 15.0 Å². The van der Waals surface area contributed by atoms with Crippen LogP contribution in [-0.2, 0) is 17.4 Å². The maximum Gasteiger partial charge on any atom is 0.419 e. The van der Waals surface area contributed by atoms with Gasteiger partial charge >= 0.3 is 6.09 Å². The molecule has 0 saturated heterocycles. The highest BCUT2D eigenvalue weighted by atomic mass is 16.6. The summed E-state index contributed by atoms with van der Waals surface area (Å²) in [5.41, 5.74) is 3.03. The summed E-state index contributed by atoms with van der Waals surface area (Å²) in [4.78, 5) is 26.3. The largest absolute Gasteiger partial charge is 0.419 e. The molecule has 5 nitrogen and oxygen atoms in total. The van der Waals surface area contributed by atoms with E-state index in [9.17, 15) is 9.59 Å². The fraction of sp³-hybridized carbons (Fsp3) is 0.440. The molecular formula is C25H35N2O3+. The van der Waals surface area contributed by atoms with Gasteiger partial charge in [-0.05, 0) is 35.1 Å². The second kappa shape index (κ2) is 9.00. The van der Waals surface area contributed by atoms with Crippen LogP contribution in [0.3, 0.4) is 0 Å². The topological polar surface area (TPSA) is 59.8 Å². The summed E-state index contributed by atoms with van der Waals surface area (Å²) in [5.74, 6) is 0.0499. The van der Waals surface area contributed by atoms with Gasteiger partial charge in [0.05, 0.1) is 14.1 Å². The van der Waals surface area contributed by atoms with Crippen LogP contribution >= 0.6 is 0 Å². The lowest BCUT2D eigenvalue weighted by Crippen LogP contribution is -3.04. The molecule has 2 N–H and O–H groups in total. The highest BCUT2D eigenvalue weighted by Gasteiger charge is 2.30. The van der Waals surface area contributed by atoms with E-state index >= 15 is 0 Å². The third-order valence-corrected chi connectivity index (χ3v) is 4.77. The zero-order valence-electron chi connectivity index (χ0n) is 19.5. The van der Waals surface area contributed by atoms with Gasteiger partial charge in [-0.2, -0.15) is 0 Å². The second-order valence-electron chi connectivity index (χ2n) is 10.1. The average molecular weight is 412 g/mol. The first-order valence-corrected chi connectivity index (χ1v) is 10.3. The maximum absolute atomic E-state index is 12.7. The van der Waals surface area contributed by atoms with Crippen LogP contribution in [0.4, 0.5) is 4.79 Å². The van der Waals surface area contributed by atoms with Gasteiger partial charge in [0.2, 0.25) is 0 Å². The molecule has 2 amide bonds. The quantitative estimate of drug-likeness (QED) is 0.803. The van der Waals surface area contributed by atoms with E-state index in [0.29, 0.717) is 11.3 Å². The monoisotopic (exact) mass is 411 g/mol. The first-order valence-electron chi connectivity index (χ1n) is 10.3. The third-order valence-electron chi connectivity index (χ3n) is 4.77. The molecule has 0 unspecified atom stereocenters. The van der Waals surface area contributed by atoms with Crippen molar-refractivity contribution in [3.63, 3.8) is 0 Å². The maximum atomic E-state index is 12.7. The summed E-state index contributed by atoms with van der Waals surface area (Å²) in [6.07, 6.45) is -0.772. The number of carbonyl (C=O) groups excluding carboxylic acids is 2. The highest BCUT2D eigenvalue weighted by molar-refractivity contribution is 6.03. The molecule has 0 saturated carbocycles. The number of amides is 2. The number of hydrogen-bond donors (Lipinski definition) is 2. The van der Waals surface area contributed by atoms with Crippen molar-refractivity contribution in [3.05, 3.63) is 64.7 Å². The van der Waals surface area contributed by atoms with Gasteiger partial charge in [-0.25, -0.2) is 4.79 Å². The van der Waals surface area contributed by atoms with Gasteiger partial charge in [0.25, 0.3) is 5.91 Å². The average Bonchev–Trinajstić information content (AvgIpc) is 2.61. The van der Waals surface area contributed by atoms with E-state index in [4.69, 9.17) is 4.74 Å². The molecule has 2 aromatic rings. The van der Waals surface area contributed by atoms with E-state index in [0.717, 1.165) is 17.7 Å². The minimum Gasteiger partial charge on any atom is -0.409 e. The number of ether oxygens (including phenoxy) is 1. The number of quaternary nitrogens is 1. The van der Waals surface area contributed by atoms with E-state index < -0.39 is 12.0 Å². The van der Waals surface area contributed by atoms with Crippen LogP contribution in [0.1, 0.15) is 68.6 Å². The van der Waals surface area contributed by atoms with E-state index in [1.54, 1.807) is 24.3 Å². The van der Waals surface area contributed by atoms with E-state index in [1.165, 1.54) is 10.5 Å². The minimum atomic E-state index is -0.772. The molecule has 0 aliphatic heterocycles. The van der Waals surface area contributed by atoms with Crippen LogP contribution in [0.25, 0.3) is 0 Å². The van der Waals surface area contributed by atoms with Gasteiger partial charge in [0.15, 0.2) is 0 Å². The standard InChI is InChI=1S/C25H34N2O3/c1-24(2,3)19-14-17(16-27(7)8)15-20(25(4,5)6)21(19)30-23(29)26-22(28)18-12-10-9-11-13-18/h9-15H,16H2,1-8H3,(H,26,28,29)/p+1. The lowest BCUT2D eigenvalue weighted by atomic mass is 9.78. The number of hydrogen-bond acceptors (Lipinski definition) is 3.